The zero-order valence-corrected chi connectivity index (χ0v) is 12.9. The lowest BCUT2D eigenvalue weighted by Gasteiger charge is -2.07. The van der Waals surface area contributed by atoms with Gasteiger partial charge in [-0.2, -0.15) is 0 Å². The first kappa shape index (κ1) is 12.4. The number of rotatable bonds is 3. The Labute approximate surface area is 120 Å². The Hall–Kier alpha value is -0.0300. The standard InChI is InChI=1S/C11H8Br2ClNS/c12-7-3-9(16-6-7)5-15-11-4-8(14)1-2-10(11)13/h1-4,6,15H,5H2. The summed E-state index contributed by atoms with van der Waals surface area (Å²) in [4.78, 5) is 1.28. The summed E-state index contributed by atoms with van der Waals surface area (Å²) in [7, 11) is 0. The minimum absolute atomic E-state index is 0.734. The van der Waals surface area contributed by atoms with Gasteiger partial charge >= 0.3 is 0 Å². The van der Waals surface area contributed by atoms with E-state index in [4.69, 9.17) is 11.6 Å². The minimum atomic E-state index is 0.734. The summed E-state index contributed by atoms with van der Waals surface area (Å²) in [6.07, 6.45) is 0. The molecular formula is C11H8Br2ClNS. The monoisotopic (exact) mass is 379 g/mol. The highest BCUT2D eigenvalue weighted by Crippen LogP contribution is 2.27. The summed E-state index contributed by atoms with van der Waals surface area (Å²) in [5, 5.41) is 6.15. The van der Waals surface area contributed by atoms with Crippen LogP contribution in [0, 0.1) is 0 Å². The van der Waals surface area contributed by atoms with Crippen LogP contribution < -0.4 is 5.32 Å². The van der Waals surface area contributed by atoms with Crippen molar-refractivity contribution >= 4 is 60.5 Å². The van der Waals surface area contributed by atoms with Crippen molar-refractivity contribution in [1.82, 2.24) is 0 Å². The Bertz CT molecular complexity index is 498. The molecule has 1 heterocycles. The van der Waals surface area contributed by atoms with Crippen LogP contribution in [0.5, 0.6) is 0 Å². The van der Waals surface area contributed by atoms with E-state index in [-0.39, 0.29) is 0 Å². The van der Waals surface area contributed by atoms with E-state index in [9.17, 15) is 0 Å². The maximum Gasteiger partial charge on any atom is 0.0502 e. The van der Waals surface area contributed by atoms with Gasteiger partial charge in [0.15, 0.2) is 0 Å². The van der Waals surface area contributed by atoms with Crippen LogP contribution in [0.15, 0.2) is 38.6 Å². The SMILES string of the molecule is Clc1ccc(Br)c(NCc2cc(Br)cs2)c1. The predicted molar refractivity (Wildman–Crippen MR) is 78.5 cm³/mol. The average Bonchev–Trinajstić information content (AvgIpc) is 2.66. The van der Waals surface area contributed by atoms with Gasteiger partial charge in [0.1, 0.15) is 0 Å². The van der Waals surface area contributed by atoms with Gasteiger partial charge in [-0.1, -0.05) is 11.6 Å². The number of hydrogen-bond acceptors (Lipinski definition) is 2. The smallest absolute Gasteiger partial charge is 0.0502 e. The number of hydrogen-bond donors (Lipinski definition) is 1. The summed E-state index contributed by atoms with van der Waals surface area (Å²) in [6.45, 7) is 0.801. The van der Waals surface area contributed by atoms with E-state index in [1.807, 2.05) is 18.2 Å². The van der Waals surface area contributed by atoms with Crippen LogP contribution in [-0.4, -0.2) is 0 Å². The van der Waals surface area contributed by atoms with E-state index >= 15 is 0 Å². The molecule has 0 aliphatic rings. The molecular weight excluding hydrogens is 373 g/mol. The van der Waals surface area contributed by atoms with Crippen molar-refractivity contribution in [2.75, 3.05) is 5.32 Å². The van der Waals surface area contributed by atoms with Crippen molar-refractivity contribution in [3.05, 3.63) is 48.5 Å². The lowest BCUT2D eigenvalue weighted by molar-refractivity contribution is 1.19. The fourth-order valence-electron chi connectivity index (χ4n) is 1.26. The molecule has 0 fully saturated rings. The molecule has 0 atom stereocenters. The van der Waals surface area contributed by atoms with Gasteiger partial charge in [0.2, 0.25) is 0 Å². The Morgan fingerprint density at radius 3 is 2.75 bits per heavy atom. The molecule has 1 N–H and O–H groups in total. The molecule has 0 radical (unpaired) electrons. The fourth-order valence-corrected chi connectivity index (χ4v) is 3.21. The van der Waals surface area contributed by atoms with Gasteiger partial charge < -0.3 is 5.32 Å². The molecule has 0 spiro atoms. The van der Waals surface area contributed by atoms with Crippen LogP contribution in [0.4, 0.5) is 5.69 Å². The molecule has 1 aromatic heterocycles. The van der Waals surface area contributed by atoms with Gasteiger partial charge in [-0.3, -0.25) is 0 Å². The Morgan fingerprint density at radius 2 is 2.06 bits per heavy atom. The largest absolute Gasteiger partial charge is 0.379 e. The molecule has 0 bridgehead atoms. The van der Waals surface area contributed by atoms with E-state index in [0.717, 1.165) is 26.2 Å². The molecule has 0 amide bonds. The second-order valence-electron chi connectivity index (χ2n) is 3.21. The Balaban J connectivity index is 2.07. The quantitative estimate of drug-likeness (QED) is 0.736. The van der Waals surface area contributed by atoms with Crippen LogP contribution in [0.2, 0.25) is 5.02 Å². The third-order valence-corrected chi connectivity index (χ3v) is 4.63. The third kappa shape index (κ3) is 3.23. The highest BCUT2D eigenvalue weighted by Gasteiger charge is 2.02. The van der Waals surface area contributed by atoms with Crippen LogP contribution in [0.1, 0.15) is 4.88 Å². The van der Waals surface area contributed by atoms with Crippen molar-refractivity contribution < 1.29 is 0 Å². The van der Waals surface area contributed by atoms with Gasteiger partial charge in [-0.15, -0.1) is 11.3 Å². The van der Waals surface area contributed by atoms with E-state index in [2.05, 4.69) is 48.6 Å². The minimum Gasteiger partial charge on any atom is -0.379 e. The van der Waals surface area contributed by atoms with Crippen molar-refractivity contribution in [2.45, 2.75) is 6.54 Å². The molecule has 1 nitrogen and oxygen atoms in total. The number of halogens is 3. The van der Waals surface area contributed by atoms with Crippen molar-refractivity contribution in [2.24, 2.45) is 0 Å². The summed E-state index contributed by atoms with van der Waals surface area (Å²) in [6, 6.07) is 7.82. The number of benzene rings is 1. The number of thiophene rings is 1. The molecule has 84 valence electrons. The van der Waals surface area contributed by atoms with Crippen LogP contribution in [0.3, 0.4) is 0 Å². The first-order valence-electron chi connectivity index (χ1n) is 4.57. The van der Waals surface area contributed by atoms with Gasteiger partial charge in [0, 0.05) is 30.8 Å². The van der Waals surface area contributed by atoms with E-state index in [1.165, 1.54) is 4.88 Å². The molecule has 2 rings (SSSR count). The number of nitrogens with one attached hydrogen (secondary N) is 1. The second-order valence-corrected chi connectivity index (χ2v) is 6.41. The summed E-state index contributed by atoms with van der Waals surface area (Å²) >= 11 is 14.6. The fraction of sp³-hybridized carbons (Fsp3) is 0.0909. The summed E-state index contributed by atoms with van der Waals surface area (Å²) in [5.74, 6) is 0. The molecule has 5 heteroatoms. The third-order valence-electron chi connectivity index (χ3n) is 2.00. The predicted octanol–water partition coefficient (Wildman–Crippen LogP) is 5.54. The van der Waals surface area contributed by atoms with Crippen molar-refractivity contribution in [1.29, 1.82) is 0 Å². The Morgan fingerprint density at radius 1 is 1.25 bits per heavy atom. The van der Waals surface area contributed by atoms with Gasteiger partial charge in [-0.05, 0) is 56.1 Å². The lowest BCUT2D eigenvalue weighted by Crippen LogP contribution is -1.97. The van der Waals surface area contributed by atoms with Crippen molar-refractivity contribution in [3.8, 4) is 0 Å². The molecule has 16 heavy (non-hydrogen) atoms. The highest BCUT2D eigenvalue weighted by molar-refractivity contribution is 9.10. The van der Waals surface area contributed by atoms with Crippen LogP contribution in [-0.2, 0) is 6.54 Å². The van der Waals surface area contributed by atoms with Crippen LogP contribution >= 0.6 is 54.8 Å². The molecule has 2 aromatic rings. The first-order chi connectivity index (χ1) is 7.65. The highest BCUT2D eigenvalue weighted by atomic mass is 79.9. The van der Waals surface area contributed by atoms with Gasteiger partial charge in [0.05, 0.1) is 5.69 Å². The zero-order valence-electron chi connectivity index (χ0n) is 8.14. The lowest BCUT2D eigenvalue weighted by atomic mass is 10.3. The summed E-state index contributed by atoms with van der Waals surface area (Å²) < 4.78 is 2.15. The van der Waals surface area contributed by atoms with E-state index in [0.29, 0.717) is 0 Å². The second kappa shape index (κ2) is 5.54. The average molecular weight is 382 g/mol. The molecule has 0 saturated carbocycles. The van der Waals surface area contributed by atoms with Crippen LogP contribution in [0.25, 0.3) is 0 Å². The molecule has 1 aromatic carbocycles. The normalized spacial score (nSPS) is 10.4. The van der Waals surface area contributed by atoms with Gasteiger partial charge in [-0.25, -0.2) is 0 Å². The zero-order chi connectivity index (χ0) is 11.5. The van der Waals surface area contributed by atoms with E-state index < -0.39 is 0 Å². The first-order valence-corrected chi connectivity index (χ1v) is 7.41. The maximum atomic E-state index is 5.94. The molecule has 0 aliphatic carbocycles. The Kier molecular flexibility index (Phi) is 4.30. The molecule has 0 unspecified atom stereocenters. The van der Waals surface area contributed by atoms with Crippen molar-refractivity contribution in [3.63, 3.8) is 0 Å². The van der Waals surface area contributed by atoms with E-state index in [1.54, 1.807) is 11.3 Å². The number of anilines is 1. The summed E-state index contributed by atoms with van der Waals surface area (Å²) in [5.41, 5.74) is 1.01. The topological polar surface area (TPSA) is 12.0 Å². The molecule has 0 aliphatic heterocycles. The van der Waals surface area contributed by atoms with Gasteiger partial charge in [0.25, 0.3) is 0 Å². The molecule has 0 saturated heterocycles. The maximum absolute atomic E-state index is 5.94.